The molecule has 0 spiro atoms. The quantitative estimate of drug-likeness (QED) is 0.129. The van der Waals surface area contributed by atoms with Crippen LogP contribution in [0.5, 0.6) is 0 Å². The van der Waals surface area contributed by atoms with E-state index in [0.29, 0.717) is 5.56 Å². The van der Waals surface area contributed by atoms with E-state index in [9.17, 15) is 33.9 Å². The Morgan fingerprint density at radius 2 is 1.37 bits per heavy atom. The molecule has 0 aliphatic carbocycles. The molecule has 2 aromatic rings. The van der Waals surface area contributed by atoms with E-state index in [0.717, 1.165) is 10.9 Å². The van der Waals surface area contributed by atoms with Crippen LogP contribution in [0.2, 0.25) is 0 Å². The molecule has 224 valence electrons. The van der Waals surface area contributed by atoms with Gasteiger partial charge in [-0.1, -0.05) is 32.0 Å². The Labute approximate surface area is 236 Å². The number of amides is 3. The van der Waals surface area contributed by atoms with Gasteiger partial charge in [0.15, 0.2) is 0 Å². The van der Waals surface area contributed by atoms with Crippen molar-refractivity contribution < 1.29 is 44.1 Å². The number of H-pyrrole nitrogens is 1. The van der Waals surface area contributed by atoms with Gasteiger partial charge in [0.05, 0.1) is 6.04 Å². The maximum Gasteiger partial charge on any atom is 0.326 e. The standard InChI is InChI=1S/C27H37N5O9/c1-14(2)11-20(31-24(37)17(28)7-9-22(33)34)25(38)32-21(12-15-13-29-18-6-4-3-5-16(15)18)26(39)30-19(27(40)41)8-10-23(35)36/h3-6,13-14,17,19-21,29H,7-12,28H2,1-2H3,(H,30,39)(H,31,37)(H,32,38)(H,33,34)(H,35,36)(H,40,41). The number of carbonyl (C=O) groups excluding carboxylic acids is 3. The molecule has 0 aliphatic rings. The fraction of sp³-hybridized carbons (Fsp3) is 0.481. The smallest absolute Gasteiger partial charge is 0.326 e. The van der Waals surface area contributed by atoms with Crippen molar-refractivity contribution in [1.29, 1.82) is 0 Å². The second-order valence-electron chi connectivity index (χ2n) is 10.2. The molecule has 1 heterocycles. The monoisotopic (exact) mass is 575 g/mol. The van der Waals surface area contributed by atoms with E-state index in [1.807, 2.05) is 32.0 Å². The van der Waals surface area contributed by atoms with Crippen LogP contribution in [0.3, 0.4) is 0 Å². The van der Waals surface area contributed by atoms with Crippen LogP contribution in [-0.2, 0) is 35.2 Å². The molecule has 0 saturated heterocycles. The summed E-state index contributed by atoms with van der Waals surface area (Å²) in [6.07, 6.45) is 0.427. The van der Waals surface area contributed by atoms with Gasteiger partial charge in [0, 0.05) is 36.4 Å². The zero-order valence-corrected chi connectivity index (χ0v) is 22.9. The molecule has 0 radical (unpaired) electrons. The zero-order valence-electron chi connectivity index (χ0n) is 22.9. The maximum atomic E-state index is 13.4. The van der Waals surface area contributed by atoms with E-state index in [-0.39, 0.29) is 38.0 Å². The van der Waals surface area contributed by atoms with Crippen LogP contribution in [-0.4, -0.2) is 80.1 Å². The average molecular weight is 576 g/mol. The molecule has 0 fully saturated rings. The normalized spacial score (nSPS) is 14.0. The number of nitrogens with one attached hydrogen (secondary N) is 4. The Hall–Kier alpha value is -4.46. The van der Waals surface area contributed by atoms with Crippen LogP contribution in [0.15, 0.2) is 30.5 Å². The fourth-order valence-corrected chi connectivity index (χ4v) is 4.19. The van der Waals surface area contributed by atoms with Gasteiger partial charge in [0.25, 0.3) is 0 Å². The molecule has 9 N–H and O–H groups in total. The second kappa shape index (κ2) is 15.4. The summed E-state index contributed by atoms with van der Waals surface area (Å²) in [7, 11) is 0. The van der Waals surface area contributed by atoms with Crippen molar-refractivity contribution in [2.24, 2.45) is 11.7 Å². The van der Waals surface area contributed by atoms with Crippen molar-refractivity contribution in [1.82, 2.24) is 20.9 Å². The SMILES string of the molecule is CC(C)CC(NC(=O)C(N)CCC(=O)O)C(=O)NC(Cc1c[nH]c2ccccc12)C(=O)NC(CCC(=O)O)C(=O)O. The molecule has 2 rings (SSSR count). The molecule has 41 heavy (non-hydrogen) atoms. The number of hydrogen-bond acceptors (Lipinski definition) is 7. The van der Waals surface area contributed by atoms with E-state index in [4.69, 9.17) is 15.9 Å². The predicted octanol–water partition coefficient (Wildman–Crippen LogP) is 0.352. The number of rotatable bonds is 17. The molecule has 0 saturated carbocycles. The first-order chi connectivity index (χ1) is 19.3. The van der Waals surface area contributed by atoms with E-state index < -0.39 is 66.2 Å². The lowest BCUT2D eigenvalue weighted by Gasteiger charge is -2.26. The van der Waals surface area contributed by atoms with E-state index in [1.54, 1.807) is 12.3 Å². The third kappa shape index (κ3) is 10.6. The van der Waals surface area contributed by atoms with Crippen LogP contribution in [0.4, 0.5) is 0 Å². The van der Waals surface area contributed by atoms with Crippen molar-refractivity contribution in [3.05, 3.63) is 36.0 Å². The lowest BCUT2D eigenvalue weighted by Crippen LogP contribution is -2.57. The first-order valence-electron chi connectivity index (χ1n) is 13.2. The fourth-order valence-electron chi connectivity index (χ4n) is 4.19. The number of carboxylic acid groups (broad SMARTS) is 3. The summed E-state index contributed by atoms with van der Waals surface area (Å²) in [4.78, 5) is 75.9. The van der Waals surface area contributed by atoms with Gasteiger partial charge in [-0.2, -0.15) is 0 Å². The van der Waals surface area contributed by atoms with Gasteiger partial charge in [-0.15, -0.1) is 0 Å². The minimum atomic E-state index is -1.51. The van der Waals surface area contributed by atoms with Crippen molar-refractivity contribution in [2.45, 2.75) is 76.5 Å². The lowest BCUT2D eigenvalue weighted by molar-refractivity contribution is -0.143. The Balaban J connectivity index is 2.30. The highest BCUT2D eigenvalue weighted by atomic mass is 16.4. The number of nitrogens with two attached hydrogens (primary N) is 1. The van der Waals surface area contributed by atoms with Gasteiger partial charge in [0.1, 0.15) is 18.1 Å². The van der Waals surface area contributed by atoms with Crippen molar-refractivity contribution in [3.8, 4) is 0 Å². The lowest BCUT2D eigenvalue weighted by atomic mass is 10.00. The highest BCUT2D eigenvalue weighted by Crippen LogP contribution is 2.19. The van der Waals surface area contributed by atoms with E-state index in [1.165, 1.54) is 0 Å². The summed E-state index contributed by atoms with van der Waals surface area (Å²) in [5, 5.41) is 35.5. The Kier molecular flexibility index (Phi) is 12.3. The first kappa shape index (κ1) is 32.8. The molecule has 0 aliphatic heterocycles. The predicted molar refractivity (Wildman–Crippen MR) is 147 cm³/mol. The number of carboxylic acids is 3. The summed E-state index contributed by atoms with van der Waals surface area (Å²) >= 11 is 0. The molecular formula is C27H37N5O9. The van der Waals surface area contributed by atoms with Gasteiger partial charge in [-0.25, -0.2) is 4.79 Å². The molecule has 14 heteroatoms. The number of fused-ring (bicyclic) bond motifs is 1. The molecule has 4 atom stereocenters. The van der Waals surface area contributed by atoms with Gasteiger partial charge < -0.3 is 42.0 Å². The van der Waals surface area contributed by atoms with Crippen LogP contribution in [0.25, 0.3) is 10.9 Å². The summed E-state index contributed by atoms with van der Waals surface area (Å²) in [5.41, 5.74) is 7.23. The highest BCUT2D eigenvalue weighted by Gasteiger charge is 2.31. The summed E-state index contributed by atoms with van der Waals surface area (Å²) in [6, 6.07) is 2.13. The number of aromatic amines is 1. The molecule has 1 aromatic heterocycles. The van der Waals surface area contributed by atoms with E-state index in [2.05, 4.69) is 20.9 Å². The van der Waals surface area contributed by atoms with Crippen LogP contribution < -0.4 is 21.7 Å². The van der Waals surface area contributed by atoms with Crippen LogP contribution >= 0.6 is 0 Å². The van der Waals surface area contributed by atoms with Gasteiger partial charge >= 0.3 is 17.9 Å². The van der Waals surface area contributed by atoms with Crippen molar-refractivity contribution in [2.75, 3.05) is 0 Å². The van der Waals surface area contributed by atoms with Crippen LogP contribution in [0, 0.1) is 5.92 Å². The Morgan fingerprint density at radius 3 is 1.98 bits per heavy atom. The van der Waals surface area contributed by atoms with Gasteiger partial charge in [-0.3, -0.25) is 24.0 Å². The molecule has 14 nitrogen and oxygen atoms in total. The largest absolute Gasteiger partial charge is 0.481 e. The highest BCUT2D eigenvalue weighted by molar-refractivity contribution is 5.95. The number of para-hydroxylation sites is 1. The average Bonchev–Trinajstić information content (AvgIpc) is 3.30. The topological polar surface area (TPSA) is 241 Å². The number of aliphatic carboxylic acids is 3. The number of carbonyl (C=O) groups is 6. The Bertz CT molecular complexity index is 1260. The summed E-state index contributed by atoms with van der Waals surface area (Å²) in [5.74, 6) is -6.18. The molecule has 4 unspecified atom stereocenters. The minimum Gasteiger partial charge on any atom is -0.481 e. The zero-order chi connectivity index (χ0) is 30.7. The number of benzene rings is 1. The van der Waals surface area contributed by atoms with Crippen molar-refractivity contribution >= 4 is 46.5 Å². The van der Waals surface area contributed by atoms with E-state index >= 15 is 0 Å². The third-order valence-electron chi connectivity index (χ3n) is 6.34. The summed E-state index contributed by atoms with van der Waals surface area (Å²) in [6.45, 7) is 3.62. The molecule has 0 bridgehead atoms. The minimum absolute atomic E-state index is 0.0483. The van der Waals surface area contributed by atoms with Crippen LogP contribution in [0.1, 0.15) is 51.5 Å². The second-order valence-corrected chi connectivity index (χ2v) is 10.2. The third-order valence-corrected chi connectivity index (χ3v) is 6.34. The van der Waals surface area contributed by atoms with Crippen molar-refractivity contribution in [3.63, 3.8) is 0 Å². The first-order valence-corrected chi connectivity index (χ1v) is 13.2. The number of aromatic nitrogens is 1. The van der Waals surface area contributed by atoms with Gasteiger partial charge in [0.2, 0.25) is 17.7 Å². The maximum absolute atomic E-state index is 13.4. The summed E-state index contributed by atoms with van der Waals surface area (Å²) < 4.78 is 0. The Morgan fingerprint density at radius 1 is 0.805 bits per heavy atom. The number of hydrogen-bond donors (Lipinski definition) is 8. The van der Waals surface area contributed by atoms with Gasteiger partial charge in [-0.05, 0) is 36.8 Å². The molecular weight excluding hydrogens is 538 g/mol. The molecule has 1 aromatic carbocycles. The molecule has 3 amide bonds.